The lowest BCUT2D eigenvalue weighted by Crippen LogP contribution is -2.28. The van der Waals surface area contributed by atoms with Crippen molar-refractivity contribution >= 4 is 29.4 Å². The summed E-state index contributed by atoms with van der Waals surface area (Å²) in [5, 5.41) is 24.6. The molecule has 1 N–H and O–H groups in total. The first-order valence-corrected chi connectivity index (χ1v) is 9.85. The van der Waals surface area contributed by atoms with Crippen LogP contribution in [-0.2, 0) is 9.59 Å². The molecule has 152 valence electrons. The quantitative estimate of drug-likeness (QED) is 0.689. The highest BCUT2D eigenvalue weighted by molar-refractivity contribution is 6.16. The van der Waals surface area contributed by atoms with Gasteiger partial charge in [-0.25, -0.2) is 9.80 Å². The third-order valence-corrected chi connectivity index (χ3v) is 5.00. The molecule has 2 aromatic carbocycles. The fourth-order valence-corrected chi connectivity index (χ4v) is 3.38. The van der Waals surface area contributed by atoms with E-state index in [0.29, 0.717) is 28.9 Å². The molecule has 6 heteroatoms. The van der Waals surface area contributed by atoms with Crippen molar-refractivity contribution in [3.8, 4) is 6.07 Å². The Balaban J connectivity index is 1.89. The monoisotopic (exact) mass is 401 g/mol. The predicted octanol–water partition coefficient (Wildman–Crippen LogP) is 4.54. The molecule has 6 nitrogen and oxygen atoms in total. The Morgan fingerprint density at radius 2 is 1.87 bits per heavy atom. The normalized spacial score (nSPS) is 16.4. The molecule has 1 heterocycles. The van der Waals surface area contributed by atoms with E-state index in [1.54, 1.807) is 30.3 Å². The van der Waals surface area contributed by atoms with Crippen LogP contribution >= 0.6 is 0 Å². The number of hydrogen-bond acceptors (Lipinski definition) is 4. The smallest absolute Gasteiger partial charge is 0.331 e. The molecule has 0 fully saturated rings. The van der Waals surface area contributed by atoms with Gasteiger partial charge in [0.2, 0.25) is 0 Å². The molecule has 0 saturated carbocycles. The Hall–Kier alpha value is -3.72. The van der Waals surface area contributed by atoms with Gasteiger partial charge < -0.3 is 5.11 Å². The first kappa shape index (κ1) is 21.0. The van der Waals surface area contributed by atoms with Gasteiger partial charge in [0.1, 0.15) is 0 Å². The van der Waals surface area contributed by atoms with Crippen LogP contribution in [0.25, 0.3) is 6.08 Å². The van der Waals surface area contributed by atoms with E-state index in [2.05, 4.69) is 5.10 Å². The van der Waals surface area contributed by atoms with Gasteiger partial charge in [-0.3, -0.25) is 4.79 Å². The van der Waals surface area contributed by atoms with Crippen molar-refractivity contribution in [2.75, 3.05) is 5.01 Å². The molecular formula is C24H23N3O3. The summed E-state index contributed by atoms with van der Waals surface area (Å²) >= 11 is 0. The molecule has 1 atom stereocenters. The molecule has 0 radical (unpaired) electrons. The minimum atomic E-state index is -1.07. The van der Waals surface area contributed by atoms with Crippen LogP contribution in [0.1, 0.15) is 42.9 Å². The molecule has 1 aliphatic heterocycles. The molecule has 0 aromatic heterocycles. The summed E-state index contributed by atoms with van der Waals surface area (Å²) in [5.74, 6) is -1.89. The van der Waals surface area contributed by atoms with Crippen molar-refractivity contribution < 1.29 is 14.7 Å². The van der Waals surface area contributed by atoms with Crippen LogP contribution in [0.5, 0.6) is 0 Å². The number of carboxylic acids is 1. The van der Waals surface area contributed by atoms with Crippen molar-refractivity contribution in [2.45, 2.75) is 33.1 Å². The molecule has 2 aromatic rings. The summed E-state index contributed by atoms with van der Waals surface area (Å²) < 4.78 is 0. The van der Waals surface area contributed by atoms with E-state index < -0.39 is 11.9 Å². The van der Waals surface area contributed by atoms with Crippen molar-refractivity contribution in [3.63, 3.8) is 0 Å². The second-order valence-corrected chi connectivity index (χ2v) is 7.29. The fraction of sp³-hybridized carbons (Fsp3) is 0.250. The standard InChI is InChI=1S/C24H23N3O3/c1-3-4-22-21(23(28)27(26-22)20-11-5-16(2)6-12-20)14-19(24(29)30)13-17-7-9-18(15-25)10-8-17/h5-13,21H,3-4,14H2,1-2H3,(H,29,30)/b19-13-. The Morgan fingerprint density at radius 3 is 2.43 bits per heavy atom. The molecule has 1 unspecified atom stereocenters. The highest BCUT2D eigenvalue weighted by Crippen LogP contribution is 2.30. The number of rotatable bonds is 7. The lowest BCUT2D eigenvalue weighted by Gasteiger charge is -2.15. The summed E-state index contributed by atoms with van der Waals surface area (Å²) in [6.07, 6.45) is 3.05. The van der Waals surface area contributed by atoms with E-state index in [1.165, 1.54) is 5.01 Å². The zero-order valence-electron chi connectivity index (χ0n) is 17.0. The average Bonchev–Trinajstić information content (AvgIpc) is 3.04. The summed E-state index contributed by atoms with van der Waals surface area (Å²) in [6, 6.07) is 16.2. The number of aliphatic carboxylic acids is 1. The van der Waals surface area contributed by atoms with Crippen LogP contribution in [-0.4, -0.2) is 22.7 Å². The van der Waals surface area contributed by atoms with Gasteiger partial charge in [0, 0.05) is 5.57 Å². The molecular weight excluding hydrogens is 378 g/mol. The number of carboxylic acid groups (broad SMARTS) is 1. The van der Waals surface area contributed by atoms with E-state index in [-0.39, 0.29) is 17.9 Å². The number of carbonyl (C=O) groups excluding carboxylic acids is 1. The maximum Gasteiger partial charge on any atom is 0.331 e. The largest absolute Gasteiger partial charge is 0.478 e. The topological polar surface area (TPSA) is 93.8 Å². The van der Waals surface area contributed by atoms with Crippen LogP contribution < -0.4 is 5.01 Å². The third kappa shape index (κ3) is 4.64. The summed E-state index contributed by atoms with van der Waals surface area (Å²) in [5.41, 5.74) is 3.76. The van der Waals surface area contributed by atoms with Crippen molar-refractivity contribution in [3.05, 3.63) is 70.8 Å². The minimum Gasteiger partial charge on any atom is -0.478 e. The van der Waals surface area contributed by atoms with Gasteiger partial charge in [0.05, 0.1) is 28.9 Å². The lowest BCUT2D eigenvalue weighted by molar-refractivity contribution is -0.132. The number of carbonyl (C=O) groups is 2. The second kappa shape index (κ2) is 9.19. The number of nitriles is 1. The van der Waals surface area contributed by atoms with Crippen LogP contribution in [0.4, 0.5) is 5.69 Å². The number of amides is 1. The molecule has 1 amide bonds. The third-order valence-electron chi connectivity index (χ3n) is 5.00. The number of anilines is 1. The van der Waals surface area contributed by atoms with Gasteiger partial charge in [-0.2, -0.15) is 10.4 Å². The summed E-state index contributed by atoms with van der Waals surface area (Å²) in [7, 11) is 0. The number of hydrogen-bond donors (Lipinski definition) is 1. The minimum absolute atomic E-state index is 0.0648. The van der Waals surface area contributed by atoms with Crippen LogP contribution in [0.3, 0.4) is 0 Å². The fourth-order valence-electron chi connectivity index (χ4n) is 3.38. The van der Waals surface area contributed by atoms with Crippen molar-refractivity contribution in [2.24, 2.45) is 11.0 Å². The van der Waals surface area contributed by atoms with Crippen LogP contribution in [0.15, 0.2) is 59.2 Å². The van der Waals surface area contributed by atoms with Gasteiger partial charge in [-0.15, -0.1) is 0 Å². The maximum absolute atomic E-state index is 13.1. The highest BCUT2D eigenvalue weighted by Gasteiger charge is 2.37. The Labute approximate surface area is 175 Å². The van der Waals surface area contributed by atoms with Gasteiger partial charge in [-0.05, 0) is 55.7 Å². The number of nitrogens with zero attached hydrogens (tertiary/aromatic N) is 3. The van der Waals surface area contributed by atoms with Gasteiger partial charge in [0.15, 0.2) is 0 Å². The van der Waals surface area contributed by atoms with Crippen molar-refractivity contribution in [1.82, 2.24) is 0 Å². The molecule has 30 heavy (non-hydrogen) atoms. The van der Waals surface area contributed by atoms with Crippen molar-refractivity contribution in [1.29, 1.82) is 5.26 Å². The van der Waals surface area contributed by atoms with E-state index in [9.17, 15) is 14.7 Å². The second-order valence-electron chi connectivity index (χ2n) is 7.29. The maximum atomic E-state index is 13.1. The molecule has 0 aliphatic carbocycles. The molecule has 1 aliphatic rings. The number of benzene rings is 2. The first-order valence-electron chi connectivity index (χ1n) is 9.85. The van der Waals surface area contributed by atoms with Crippen LogP contribution in [0.2, 0.25) is 0 Å². The molecule has 0 bridgehead atoms. The van der Waals surface area contributed by atoms with Gasteiger partial charge >= 0.3 is 5.97 Å². The van der Waals surface area contributed by atoms with Crippen LogP contribution in [0, 0.1) is 24.2 Å². The number of hydrazone groups is 1. The highest BCUT2D eigenvalue weighted by atomic mass is 16.4. The first-order chi connectivity index (χ1) is 14.4. The zero-order valence-corrected chi connectivity index (χ0v) is 17.0. The lowest BCUT2D eigenvalue weighted by atomic mass is 9.91. The average molecular weight is 401 g/mol. The van der Waals surface area contributed by atoms with E-state index in [1.807, 2.05) is 44.2 Å². The predicted molar refractivity (Wildman–Crippen MR) is 116 cm³/mol. The molecule has 0 saturated heterocycles. The SMILES string of the molecule is CCCC1=NN(c2ccc(C)cc2)C(=O)C1C/C(=C/c1ccc(C#N)cc1)C(=O)O. The Kier molecular flexibility index (Phi) is 6.43. The molecule has 3 rings (SSSR count). The van der Waals surface area contributed by atoms with E-state index in [0.717, 1.165) is 12.0 Å². The summed E-state index contributed by atoms with van der Waals surface area (Å²) in [6.45, 7) is 3.97. The molecule has 0 spiro atoms. The number of aryl methyl sites for hydroxylation is 1. The zero-order chi connectivity index (χ0) is 21.7. The van der Waals surface area contributed by atoms with E-state index >= 15 is 0 Å². The Bertz CT molecular complexity index is 1040. The Morgan fingerprint density at radius 1 is 1.20 bits per heavy atom. The summed E-state index contributed by atoms with van der Waals surface area (Å²) in [4.78, 5) is 25.0. The van der Waals surface area contributed by atoms with E-state index in [4.69, 9.17) is 5.26 Å². The van der Waals surface area contributed by atoms with Gasteiger partial charge in [0.25, 0.3) is 5.91 Å². The van der Waals surface area contributed by atoms with Gasteiger partial charge in [-0.1, -0.05) is 43.2 Å².